The highest BCUT2D eigenvalue weighted by Gasteiger charge is 2.57. The van der Waals surface area contributed by atoms with Gasteiger partial charge in [0.25, 0.3) is 0 Å². The van der Waals surface area contributed by atoms with Crippen molar-refractivity contribution in [2.24, 2.45) is 29.6 Å². The van der Waals surface area contributed by atoms with Gasteiger partial charge in [0.2, 0.25) is 0 Å². The van der Waals surface area contributed by atoms with E-state index in [0.29, 0.717) is 12.8 Å². The molecule has 0 unspecified atom stereocenters. The minimum Gasteiger partial charge on any atom is -0.458 e. The minimum atomic E-state index is -1.20. The maximum Gasteiger partial charge on any atom is 0.311 e. The van der Waals surface area contributed by atoms with Crippen LogP contribution in [0, 0.1) is 29.6 Å². The van der Waals surface area contributed by atoms with Crippen molar-refractivity contribution in [3.05, 3.63) is 47.7 Å². The molecule has 0 spiro atoms. The number of fused-ring (bicyclic) bond motifs is 5. The zero-order valence-corrected chi connectivity index (χ0v) is 34.7. The molecule has 1 aromatic carbocycles. The molecule has 4 saturated heterocycles. The number of nitrogens with zero attached hydrogens (tertiary/aromatic N) is 2. The number of para-hydroxylation sites is 1. The first-order chi connectivity index (χ1) is 26.4. The lowest BCUT2D eigenvalue weighted by molar-refractivity contribution is -0.302. The van der Waals surface area contributed by atoms with E-state index in [1.54, 1.807) is 13.8 Å². The summed E-state index contributed by atoms with van der Waals surface area (Å²) in [6, 6.07) is 9.73. The molecule has 4 fully saturated rings. The van der Waals surface area contributed by atoms with Crippen molar-refractivity contribution in [3.8, 4) is 0 Å². The number of hydrogen-bond acceptors (Lipinski definition) is 12. The summed E-state index contributed by atoms with van der Waals surface area (Å²) in [5.74, 6) is -3.97. The predicted molar refractivity (Wildman–Crippen MR) is 210 cm³/mol. The van der Waals surface area contributed by atoms with Crippen LogP contribution < -0.4 is 0 Å². The van der Waals surface area contributed by atoms with Crippen molar-refractivity contribution >= 4 is 34.7 Å². The Morgan fingerprint density at radius 1 is 1.04 bits per heavy atom. The number of cyclic esters (lactones) is 1. The summed E-state index contributed by atoms with van der Waals surface area (Å²) < 4.78 is 39.4. The molecule has 2 aromatic rings. The monoisotopic (exact) mass is 778 g/mol. The first-order valence-electron chi connectivity index (χ1n) is 20.4. The van der Waals surface area contributed by atoms with Crippen LogP contribution >= 0.6 is 0 Å². The molecule has 5 heterocycles. The standard InChI is InChI=1S/C44H62N2O10/c1-11-35-44(8)32(19-36(47)56-44)26(4)37(48)24(2)20-43(7)40(55-42-38(49)34(46(9)10)16-25(3)53-42)27(5)39(28(6)41(50)54-35)51-22-30(23-52-43)17-29-18-31-14-12-13-15-33(31)45-21-29/h12-15,17-18,21,24-28,32,34-35,38-40,42,49H,11,16,19-20,22-23H2,1-10H3/t24-,25-,26-,27-,28-,32+,34+,35-,38-,39+,40-,42+,43-,44+/m1/s1. The first kappa shape index (κ1) is 42.3. The molecule has 0 amide bonds. The number of rotatable bonds is 5. The van der Waals surface area contributed by atoms with Gasteiger partial charge in [0.05, 0.1) is 55.0 Å². The number of ketones is 1. The van der Waals surface area contributed by atoms with Crippen LogP contribution in [0.5, 0.6) is 0 Å². The van der Waals surface area contributed by atoms with E-state index in [1.807, 2.05) is 97.1 Å². The molecular weight excluding hydrogens is 716 g/mol. The van der Waals surface area contributed by atoms with E-state index in [4.69, 9.17) is 28.4 Å². The number of aromatic nitrogens is 1. The summed E-state index contributed by atoms with van der Waals surface area (Å²) in [5, 5.41) is 12.7. The molecular formula is C44H62N2O10. The molecule has 0 radical (unpaired) electrons. The molecule has 1 N–H and O–H groups in total. The molecule has 0 aliphatic carbocycles. The van der Waals surface area contributed by atoms with Crippen molar-refractivity contribution < 1.29 is 47.9 Å². The molecule has 4 aliphatic rings. The van der Waals surface area contributed by atoms with Crippen LogP contribution in [0.2, 0.25) is 0 Å². The van der Waals surface area contributed by atoms with Crippen molar-refractivity contribution in [1.82, 2.24) is 9.88 Å². The van der Waals surface area contributed by atoms with Gasteiger partial charge in [-0.25, -0.2) is 0 Å². The predicted octanol–water partition coefficient (Wildman–Crippen LogP) is 5.76. The summed E-state index contributed by atoms with van der Waals surface area (Å²) in [6.07, 6.45) is 0.470. The fraction of sp³-hybridized carbons (Fsp3) is 0.682. The maximum atomic E-state index is 14.6. The van der Waals surface area contributed by atoms with Gasteiger partial charge in [-0.3, -0.25) is 19.4 Å². The minimum absolute atomic E-state index is 0.0436. The topological polar surface area (TPSA) is 143 Å². The third-order valence-corrected chi connectivity index (χ3v) is 13.0. The summed E-state index contributed by atoms with van der Waals surface area (Å²) in [7, 11) is 3.84. The Kier molecular flexibility index (Phi) is 12.8. The number of aliphatic hydroxyl groups is 1. The van der Waals surface area contributed by atoms with E-state index in [9.17, 15) is 19.5 Å². The van der Waals surface area contributed by atoms with Gasteiger partial charge < -0.3 is 38.4 Å². The van der Waals surface area contributed by atoms with Crippen LogP contribution in [0.25, 0.3) is 17.0 Å². The molecule has 2 bridgehead atoms. The number of carbonyl (C=O) groups excluding carboxylic acids is 3. The van der Waals surface area contributed by atoms with Crippen molar-refractivity contribution in [2.45, 2.75) is 135 Å². The molecule has 6 rings (SSSR count). The number of likely N-dealkylation sites (N-methyl/N-ethyl adjacent to an activating group) is 1. The summed E-state index contributed by atoms with van der Waals surface area (Å²) >= 11 is 0. The Hall–Kier alpha value is -3.26. The number of aliphatic hydroxyl groups excluding tert-OH is 1. The highest BCUT2D eigenvalue weighted by molar-refractivity contribution is 5.85. The van der Waals surface area contributed by atoms with Crippen LogP contribution in [0.3, 0.4) is 0 Å². The summed E-state index contributed by atoms with van der Waals surface area (Å²) in [5.41, 5.74) is 0.191. The van der Waals surface area contributed by atoms with E-state index < -0.39 is 83.4 Å². The van der Waals surface area contributed by atoms with Gasteiger partial charge in [0.1, 0.15) is 23.6 Å². The first-order valence-corrected chi connectivity index (χ1v) is 20.4. The van der Waals surface area contributed by atoms with E-state index in [-0.39, 0.29) is 44.0 Å². The largest absolute Gasteiger partial charge is 0.458 e. The number of carbonyl (C=O) groups is 3. The van der Waals surface area contributed by atoms with Gasteiger partial charge in [-0.15, -0.1) is 0 Å². The quantitative estimate of drug-likeness (QED) is 0.369. The Morgan fingerprint density at radius 2 is 1.77 bits per heavy atom. The molecule has 14 atom stereocenters. The van der Waals surface area contributed by atoms with Crippen LogP contribution in [0.1, 0.15) is 86.6 Å². The second-order valence-corrected chi connectivity index (χ2v) is 17.5. The average Bonchev–Trinajstić information content (AvgIpc) is 3.49. The second-order valence-electron chi connectivity index (χ2n) is 17.5. The third kappa shape index (κ3) is 8.47. The normalized spacial score (nSPS) is 41.1. The SMILES string of the molecule is CC[C@H]1OC(=O)[C@H](C)[C@H]2OCC(=Cc3cnc4ccccc4c3)CO[C@](C)(C[C@@H](C)C(=O)[C@H](C)[C@@H]3CC(=O)O[C@]13C)[C@H](O[C@@H]1O[C@H](C)C[C@H](N(C)C)[C@H]1O)[C@@H]2C. The van der Waals surface area contributed by atoms with Gasteiger partial charge in [0, 0.05) is 41.3 Å². The van der Waals surface area contributed by atoms with Crippen LogP contribution in [-0.4, -0.2) is 114 Å². The molecule has 4 aliphatic heterocycles. The Morgan fingerprint density at radius 3 is 2.48 bits per heavy atom. The average molecular weight is 779 g/mol. The summed E-state index contributed by atoms with van der Waals surface area (Å²) in [6.45, 7) is 15.3. The Balaban J connectivity index is 1.47. The zero-order chi connectivity index (χ0) is 40.7. The highest BCUT2D eigenvalue weighted by atomic mass is 16.7. The van der Waals surface area contributed by atoms with E-state index in [1.165, 1.54) is 0 Å². The number of esters is 2. The van der Waals surface area contributed by atoms with Gasteiger partial charge in [0.15, 0.2) is 6.29 Å². The van der Waals surface area contributed by atoms with Crippen LogP contribution in [0.15, 0.2) is 42.1 Å². The van der Waals surface area contributed by atoms with Gasteiger partial charge >= 0.3 is 11.9 Å². The van der Waals surface area contributed by atoms with Crippen LogP contribution in [0.4, 0.5) is 0 Å². The van der Waals surface area contributed by atoms with Gasteiger partial charge in [-0.1, -0.05) is 45.9 Å². The number of Topliss-reactive ketones (excluding diaryl/α,β-unsaturated/α-hetero) is 1. The van der Waals surface area contributed by atoms with Crippen molar-refractivity contribution in [1.29, 1.82) is 0 Å². The van der Waals surface area contributed by atoms with Crippen molar-refractivity contribution in [2.75, 3.05) is 27.3 Å². The van der Waals surface area contributed by atoms with Gasteiger partial charge in [-0.05, 0) is 90.4 Å². The number of pyridine rings is 1. The molecule has 308 valence electrons. The fourth-order valence-corrected chi connectivity index (χ4v) is 9.86. The molecule has 0 saturated carbocycles. The number of benzene rings is 1. The van der Waals surface area contributed by atoms with E-state index in [2.05, 4.69) is 11.1 Å². The fourth-order valence-electron chi connectivity index (χ4n) is 9.86. The Bertz CT molecular complexity index is 1780. The second kappa shape index (κ2) is 16.9. The lowest BCUT2D eigenvalue weighted by Gasteiger charge is -2.48. The van der Waals surface area contributed by atoms with E-state index >= 15 is 0 Å². The smallest absolute Gasteiger partial charge is 0.311 e. The maximum absolute atomic E-state index is 14.6. The number of ether oxygens (including phenoxy) is 6. The highest BCUT2D eigenvalue weighted by Crippen LogP contribution is 2.46. The third-order valence-electron chi connectivity index (χ3n) is 13.0. The van der Waals surface area contributed by atoms with Gasteiger partial charge in [-0.2, -0.15) is 0 Å². The lowest BCUT2D eigenvalue weighted by atomic mass is 9.70. The molecule has 12 nitrogen and oxygen atoms in total. The zero-order valence-electron chi connectivity index (χ0n) is 34.7. The number of hydrogen-bond donors (Lipinski definition) is 1. The van der Waals surface area contributed by atoms with Crippen LogP contribution in [-0.2, 0) is 42.8 Å². The molecule has 1 aromatic heterocycles. The Labute approximate surface area is 331 Å². The molecule has 12 heteroatoms. The summed E-state index contributed by atoms with van der Waals surface area (Å²) in [4.78, 5) is 48.5. The molecule has 56 heavy (non-hydrogen) atoms. The van der Waals surface area contributed by atoms with E-state index in [0.717, 1.165) is 22.0 Å². The lowest BCUT2D eigenvalue weighted by Crippen LogP contribution is -2.60. The van der Waals surface area contributed by atoms with Crippen molar-refractivity contribution in [3.63, 3.8) is 0 Å².